The van der Waals surface area contributed by atoms with Gasteiger partial charge in [0, 0.05) is 0 Å². The van der Waals surface area contributed by atoms with E-state index in [2.05, 4.69) is 113 Å². The molecule has 0 saturated heterocycles. The third-order valence-electron chi connectivity index (χ3n) is 7.69. The Kier molecular flexibility index (Phi) is 9.89. The third kappa shape index (κ3) is 5.63. The second kappa shape index (κ2) is 13.2. The van der Waals surface area contributed by atoms with Crippen molar-refractivity contribution >= 4 is 22.9 Å². The van der Waals surface area contributed by atoms with Crippen LogP contribution in [0.15, 0.2) is 127 Å². The number of rotatable bonds is 6. The largest absolute Gasteiger partial charge is 1.00 e. The summed E-state index contributed by atoms with van der Waals surface area (Å²) in [6, 6.07) is 45.7. The van der Waals surface area contributed by atoms with Gasteiger partial charge in [-0.15, -0.1) is 0 Å². The number of carbonyl (C=O) groups is 1. The van der Waals surface area contributed by atoms with Crippen LogP contribution in [0.1, 0.15) is 36.8 Å². The number of hydrogen-bond acceptors (Lipinski definition) is 1. The maximum Gasteiger partial charge on any atom is -1.00 e. The van der Waals surface area contributed by atoms with Gasteiger partial charge in [0.25, 0.3) is 0 Å². The summed E-state index contributed by atoms with van der Waals surface area (Å²) < 4.78 is 4.05. The summed E-state index contributed by atoms with van der Waals surface area (Å²) in [7, 11) is 0. The Hall–Kier alpha value is -2.92. The molecular weight excluding hydrogens is 585 g/mol. The van der Waals surface area contributed by atoms with E-state index in [4.69, 9.17) is 0 Å². The maximum absolute atomic E-state index is 14.2. The van der Waals surface area contributed by atoms with E-state index in [0.717, 1.165) is 16.7 Å². The third-order valence-corrected chi connectivity index (χ3v) is 21.2. The molecule has 1 aliphatic carbocycles. The molecule has 5 aromatic carbocycles. The Morgan fingerprint density at radius 1 is 0.600 bits per heavy atom. The van der Waals surface area contributed by atoms with E-state index in [0.29, 0.717) is 0 Å². The number of carbonyl (C=O) groups excluding carboxylic acids is 1. The molecule has 0 saturated carbocycles. The molecule has 0 bridgehead atoms. The molecule has 1 N–H and O–H groups in total. The van der Waals surface area contributed by atoms with Crippen molar-refractivity contribution in [2.75, 3.05) is 0 Å². The van der Waals surface area contributed by atoms with Crippen LogP contribution in [-0.4, -0.2) is 12.6 Å². The first-order chi connectivity index (χ1) is 18.6. The molecule has 0 spiro atoms. The first kappa shape index (κ1) is 30.0. The molecule has 40 heavy (non-hydrogen) atoms. The summed E-state index contributed by atoms with van der Waals surface area (Å²) in [6.45, 7) is 2.28. The predicted octanol–water partition coefficient (Wildman–Crippen LogP) is -0.117. The average molecular weight is 615 g/mol. The van der Waals surface area contributed by atoms with Crippen LogP contribution in [0.5, 0.6) is 0 Å². The second-order valence-electron chi connectivity index (χ2n) is 10.0. The number of fused-ring (bicyclic) bond motifs is 3. The second-order valence-corrected chi connectivity index (χ2v) is 20.2. The Labute approximate surface area is 256 Å². The first-order valence-corrected chi connectivity index (χ1v) is 19.3. The molecule has 6 heteroatoms. The molecule has 199 valence electrons. The van der Waals surface area contributed by atoms with E-state index in [1.807, 2.05) is 32.0 Å². The van der Waals surface area contributed by atoms with Crippen molar-refractivity contribution in [3.05, 3.63) is 155 Å². The number of amides is 1. The zero-order valence-corrected chi connectivity index (χ0v) is 26.7. The summed E-state index contributed by atoms with van der Waals surface area (Å²) in [5, 5.41) is 2.80. The van der Waals surface area contributed by atoms with Gasteiger partial charge in [-0.1, -0.05) is 0 Å². The summed E-state index contributed by atoms with van der Waals surface area (Å²) >= 11 is -2.46. The molecule has 2 nitrogen and oxygen atoms in total. The number of nitrogens with one attached hydrogen (secondary N) is 1. The van der Waals surface area contributed by atoms with E-state index < -0.39 is 24.0 Å². The Morgan fingerprint density at radius 2 is 1.02 bits per heavy atom. The molecule has 0 fully saturated rings. The number of aryl methyl sites for hydroxylation is 2. The minimum Gasteiger partial charge on any atom is -1.00 e. The van der Waals surface area contributed by atoms with Crippen molar-refractivity contribution in [2.24, 2.45) is 0 Å². The number of halogens is 2. The van der Waals surface area contributed by atoms with Crippen molar-refractivity contribution in [2.45, 2.75) is 18.1 Å². The smallest absolute Gasteiger partial charge is 1.00 e. The zero-order chi connectivity index (χ0) is 26.1. The van der Waals surface area contributed by atoms with Gasteiger partial charge in [-0.05, 0) is 0 Å². The van der Waals surface area contributed by atoms with Gasteiger partial charge in [0.15, 0.2) is 0 Å². The fourth-order valence-electron chi connectivity index (χ4n) is 6.01. The van der Waals surface area contributed by atoms with E-state index in [-0.39, 0.29) is 34.9 Å². The van der Waals surface area contributed by atoms with E-state index in [1.165, 1.54) is 32.6 Å². The van der Waals surface area contributed by atoms with Gasteiger partial charge in [-0.3, -0.25) is 0 Å². The molecule has 0 unspecified atom stereocenters. The first-order valence-electron chi connectivity index (χ1n) is 13.2. The fraction of sp³-hybridized carbons (Fsp3) is 0.0882. The summed E-state index contributed by atoms with van der Waals surface area (Å²) in [6.07, 6.45) is 0. The van der Waals surface area contributed by atoms with Crippen molar-refractivity contribution in [1.82, 2.24) is 3.80 Å². The minimum absolute atomic E-state index is 0. The quantitative estimate of drug-likeness (QED) is 0.266. The van der Waals surface area contributed by atoms with Crippen LogP contribution in [0.4, 0.5) is 0 Å². The van der Waals surface area contributed by atoms with Crippen LogP contribution >= 0.6 is 0 Å². The van der Waals surface area contributed by atoms with Gasteiger partial charge in [0.1, 0.15) is 0 Å². The van der Waals surface area contributed by atoms with Crippen LogP contribution < -0.4 is 39.0 Å². The number of hydrogen-bond donors (Lipinski definition) is 1. The van der Waals surface area contributed by atoms with Crippen molar-refractivity contribution in [1.29, 1.82) is 0 Å². The van der Waals surface area contributed by atoms with Gasteiger partial charge in [0.05, 0.1) is 0 Å². The van der Waals surface area contributed by atoms with E-state index in [9.17, 15) is 4.79 Å². The average Bonchev–Trinajstić information content (AvgIpc) is 3.28. The normalized spacial score (nSPS) is 11.6. The molecule has 1 aliphatic rings. The topological polar surface area (TPSA) is 29.1 Å². The fourth-order valence-corrected chi connectivity index (χ4v) is 20.9. The van der Waals surface area contributed by atoms with Crippen LogP contribution in [0.25, 0.3) is 11.1 Å². The Bertz CT molecular complexity index is 1510. The summed E-state index contributed by atoms with van der Waals surface area (Å²) in [4.78, 5) is 14.2. The van der Waals surface area contributed by atoms with Gasteiger partial charge in [-0.25, -0.2) is 0 Å². The molecule has 0 heterocycles. The number of benzene rings is 5. The Morgan fingerprint density at radius 3 is 1.50 bits per heavy atom. The van der Waals surface area contributed by atoms with E-state index in [1.54, 1.807) is 0 Å². The monoisotopic (exact) mass is 614 g/mol. The molecule has 0 atom stereocenters. The van der Waals surface area contributed by atoms with Crippen LogP contribution in [-0.2, 0) is 17.4 Å². The van der Waals surface area contributed by atoms with Gasteiger partial charge in [-0.2, -0.15) is 0 Å². The minimum atomic E-state index is -2.46. The molecule has 6 rings (SSSR count). The van der Waals surface area contributed by atoms with Gasteiger partial charge < -0.3 is 24.8 Å². The molecular formula is C34H30Cl2NOSiTi. The van der Waals surface area contributed by atoms with E-state index >= 15 is 0 Å². The summed E-state index contributed by atoms with van der Waals surface area (Å²) in [5.41, 5.74) is 8.26. The van der Waals surface area contributed by atoms with Gasteiger partial charge >= 0.3 is 233 Å². The molecule has 0 aliphatic heterocycles. The summed E-state index contributed by atoms with van der Waals surface area (Å²) in [5.74, 6) is 0.0850. The molecule has 0 radical (unpaired) electrons. The van der Waals surface area contributed by atoms with Crippen molar-refractivity contribution in [3.63, 3.8) is 0 Å². The maximum atomic E-state index is 14.2. The standard InChI is InChI=1S/C13H9.C12H11Si.C9H11NO.2ClH.Ti/c1-3-7-12-10(5-1)9-11-6-2-4-8-13(11)12;1-3-7-11(8-4-1)13-12-9-5-2-6-10-12;1-6-4-3-5-7(2)8(6)9(10)11;;;/h1-9H;1-10,13H;3-5H,1-2H3,(H2,10,11);2*1H;/q;;;;;+3/p-3. The van der Waals surface area contributed by atoms with Crippen LogP contribution in [0, 0.1) is 13.8 Å². The van der Waals surface area contributed by atoms with Crippen LogP contribution in [0.3, 0.4) is 0 Å². The zero-order valence-electron chi connectivity index (χ0n) is 22.4. The SMILES string of the molecule is Cc1cccc(C)c1C(=O)[NH][Ti+2]([CH]1c2ccccc2-c2ccccc21)[SiH](c1ccccc1)c1ccccc1.[Cl-].[Cl-]. The molecule has 1 amide bonds. The van der Waals surface area contributed by atoms with Crippen molar-refractivity contribution in [3.8, 4) is 11.1 Å². The molecule has 5 aromatic rings. The van der Waals surface area contributed by atoms with Gasteiger partial charge in [0.2, 0.25) is 0 Å². The van der Waals surface area contributed by atoms with Crippen LogP contribution in [0.2, 0.25) is 0 Å². The Balaban J connectivity index is 0.00000185. The van der Waals surface area contributed by atoms with Crippen molar-refractivity contribution < 1.29 is 47.0 Å². The predicted molar refractivity (Wildman–Crippen MR) is 156 cm³/mol. The molecule has 0 aromatic heterocycles.